The maximum absolute atomic E-state index is 15.0. The quantitative estimate of drug-likeness (QED) is 0.0585. The van der Waals surface area contributed by atoms with Crippen molar-refractivity contribution in [1.29, 1.82) is 0 Å². The molecule has 0 radical (unpaired) electrons. The number of aromatic carboxylic acids is 2. The first-order valence-electron chi connectivity index (χ1n) is 31.8. The Kier molecular flexibility index (Phi) is 20.2. The summed E-state index contributed by atoms with van der Waals surface area (Å²) >= 11 is 0. The van der Waals surface area contributed by atoms with Crippen molar-refractivity contribution in [2.75, 3.05) is 7.05 Å². The standard InChI is InChI=1S/C35H39F6NO6.C34H34F6N2O4/c1-3-29(43)27-17-22(10-14-25(27)31(45)46)33(34(36,37)38,35(39,40)41)23-11-15-26(32(47)48)28(18-23)30(44)42-24-12-8-21(9-13-24)16-20-6-4-19(2)5-7-20;1-18-3-5-19(6-4-18)15-20-7-11-23(12-8-20)42-30(45)25-14-10-22(17-27(25)31(42)46)32(33(35,36)37,34(38,39)40)21-9-13-24-26(16-21)29(44)41(2)28(24)43/h10-11,14-15,17-21,24H,3-9,12-13,16H2,1-2H3,(H,42,44)(H,45,46)(H,47,48);9-10,13-14,16-20,23H,3-8,11-12,15H2,1-2H3. The van der Waals surface area contributed by atoms with E-state index in [2.05, 4.69) is 19.2 Å². The number of halogens is 12. The molecule has 0 atom stereocenters. The van der Waals surface area contributed by atoms with Gasteiger partial charge in [-0.25, -0.2) is 9.59 Å². The summed E-state index contributed by atoms with van der Waals surface area (Å²) in [6, 6.07) is 4.95. The van der Waals surface area contributed by atoms with E-state index in [1.54, 1.807) is 0 Å². The third-order valence-electron chi connectivity index (χ3n) is 20.8. The van der Waals surface area contributed by atoms with Crippen LogP contribution in [0.15, 0.2) is 72.8 Å². The Morgan fingerprint density at radius 2 is 0.766 bits per heavy atom. The Morgan fingerprint density at radius 1 is 0.436 bits per heavy atom. The highest BCUT2D eigenvalue weighted by Gasteiger charge is 2.74. The van der Waals surface area contributed by atoms with Gasteiger partial charge in [0, 0.05) is 31.1 Å². The van der Waals surface area contributed by atoms with Crippen molar-refractivity contribution in [2.24, 2.45) is 35.5 Å². The zero-order chi connectivity index (χ0) is 68.9. The number of rotatable bonds is 15. The van der Waals surface area contributed by atoms with Crippen LogP contribution >= 0.6 is 0 Å². The number of Topliss-reactive ketones (excluding diaryl/α,β-unsaturated/α-hetero) is 1. The molecule has 4 aromatic rings. The van der Waals surface area contributed by atoms with Gasteiger partial charge in [-0.3, -0.25) is 38.6 Å². The minimum absolute atomic E-state index is 0.248. The summed E-state index contributed by atoms with van der Waals surface area (Å²) in [5, 5.41) is 21.8. The lowest BCUT2D eigenvalue weighted by Gasteiger charge is -2.39. The molecule has 25 heteroatoms. The second-order valence-electron chi connectivity index (χ2n) is 26.7. The van der Waals surface area contributed by atoms with Crippen LogP contribution in [0.1, 0.15) is 248 Å². The predicted molar refractivity (Wildman–Crippen MR) is 317 cm³/mol. The number of carboxylic acid groups (broad SMARTS) is 2. The van der Waals surface area contributed by atoms with Crippen LogP contribution in [-0.4, -0.2) is 111 Å². The average molecular weight is 1330 g/mol. The molecule has 0 saturated heterocycles. The van der Waals surface area contributed by atoms with Gasteiger partial charge in [0.1, 0.15) is 0 Å². The molecule has 5 amide bonds. The van der Waals surface area contributed by atoms with Crippen LogP contribution in [0, 0.1) is 35.5 Å². The van der Waals surface area contributed by atoms with Gasteiger partial charge in [-0.1, -0.05) is 96.4 Å². The number of nitrogens with one attached hydrogen (secondary N) is 1. The molecule has 2 heterocycles. The number of carboxylic acids is 2. The second kappa shape index (κ2) is 26.9. The van der Waals surface area contributed by atoms with Crippen molar-refractivity contribution in [3.63, 3.8) is 0 Å². The molecule has 6 aliphatic rings. The fourth-order valence-electron chi connectivity index (χ4n) is 15.4. The fraction of sp³-hybridized carbons (Fsp3) is 0.536. The molecule has 4 saturated carbocycles. The Bertz CT molecular complexity index is 3570. The number of hydrogen-bond acceptors (Lipinski definition) is 8. The third-order valence-corrected chi connectivity index (χ3v) is 20.8. The van der Waals surface area contributed by atoms with Gasteiger partial charge in [-0.15, -0.1) is 0 Å². The van der Waals surface area contributed by atoms with Gasteiger partial charge in [0.05, 0.1) is 38.9 Å². The van der Waals surface area contributed by atoms with Crippen LogP contribution < -0.4 is 5.32 Å². The number of imide groups is 2. The van der Waals surface area contributed by atoms with E-state index < -0.39 is 157 Å². The van der Waals surface area contributed by atoms with E-state index in [0.717, 1.165) is 74.4 Å². The van der Waals surface area contributed by atoms with Crippen molar-refractivity contribution in [3.8, 4) is 0 Å². The summed E-state index contributed by atoms with van der Waals surface area (Å²) in [7, 11) is 1.07. The first-order chi connectivity index (χ1) is 44.0. The van der Waals surface area contributed by atoms with Crippen LogP contribution in [-0.2, 0) is 10.8 Å². The minimum Gasteiger partial charge on any atom is -0.478 e. The number of alkyl halides is 12. The second-order valence-corrected chi connectivity index (χ2v) is 26.7. The summed E-state index contributed by atoms with van der Waals surface area (Å²) < 4.78 is 179. The number of benzene rings is 4. The van der Waals surface area contributed by atoms with E-state index in [4.69, 9.17) is 0 Å². The van der Waals surface area contributed by atoms with Crippen molar-refractivity contribution < 1.29 is 101 Å². The molecule has 94 heavy (non-hydrogen) atoms. The Morgan fingerprint density at radius 3 is 1.17 bits per heavy atom. The van der Waals surface area contributed by atoms with Crippen LogP contribution in [0.4, 0.5) is 52.7 Å². The highest BCUT2D eigenvalue weighted by atomic mass is 19.4. The number of fused-ring (bicyclic) bond motifs is 2. The molecule has 0 unspecified atom stereocenters. The van der Waals surface area contributed by atoms with Gasteiger partial charge in [0.25, 0.3) is 29.5 Å². The molecule has 0 spiro atoms. The van der Waals surface area contributed by atoms with Gasteiger partial charge in [-0.2, -0.15) is 52.7 Å². The SMILES string of the molecule is CC1CCC(CC2CCC(N3C(=O)c4ccc(C(c5ccc6c(c5)C(=O)N(C)C6=O)(C(F)(F)F)C(F)(F)F)cc4C3=O)CC2)CC1.CCC(=O)c1cc(C(c2ccc(C(=O)O)c(C(=O)NC3CCC(CC4CCC(C)CC4)CC3)c2)(C(F)(F)F)C(F)(F)F)ccc1C(=O)O. The maximum Gasteiger partial charge on any atom is 0.411 e. The first kappa shape index (κ1) is 70.7. The molecule has 2 aliphatic heterocycles. The van der Waals surface area contributed by atoms with Crippen molar-refractivity contribution >= 4 is 47.3 Å². The number of carbonyl (C=O) groups is 8. The Balaban J connectivity index is 0.000000221. The minimum atomic E-state index is -6.14. The Labute approximate surface area is 534 Å². The van der Waals surface area contributed by atoms with Crippen LogP contribution in [0.2, 0.25) is 0 Å². The van der Waals surface area contributed by atoms with E-state index in [1.165, 1.54) is 58.3 Å². The number of carbonyl (C=O) groups excluding carboxylic acids is 6. The monoisotopic (exact) mass is 1330 g/mol. The van der Waals surface area contributed by atoms with E-state index >= 15 is 0 Å². The van der Waals surface area contributed by atoms with E-state index in [0.29, 0.717) is 103 Å². The average Bonchev–Trinajstić information content (AvgIpc) is 0.960. The molecule has 0 aromatic heterocycles. The number of hydrogen-bond donors (Lipinski definition) is 3. The molecule has 0 bridgehead atoms. The summed E-state index contributed by atoms with van der Waals surface area (Å²) in [6.07, 6.45) is -7.77. The topological polar surface area (TPSA) is 196 Å². The lowest BCUT2D eigenvalue weighted by Crippen LogP contribution is -2.55. The fourth-order valence-corrected chi connectivity index (χ4v) is 15.4. The van der Waals surface area contributed by atoms with Crippen molar-refractivity contribution in [1.82, 2.24) is 15.1 Å². The molecule has 3 N–H and O–H groups in total. The number of nitrogens with zero attached hydrogens (tertiary/aromatic N) is 2. The predicted octanol–water partition coefficient (Wildman–Crippen LogP) is 16.3. The van der Waals surface area contributed by atoms with E-state index in [-0.39, 0.29) is 23.3 Å². The van der Waals surface area contributed by atoms with Gasteiger partial charge in [0.15, 0.2) is 5.78 Å². The summed E-state index contributed by atoms with van der Waals surface area (Å²) in [4.78, 5) is 103. The lowest BCUT2D eigenvalue weighted by atomic mass is 9.71. The molecule has 508 valence electrons. The molecule has 10 rings (SSSR count). The molecule has 13 nitrogen and oxygen atoms in total. The van der Waals surface area contributed by atoms with Gasteiger partial charge in [0.2, 0.25) is 10.8 Å². The number of amides is 5. The zero-order valence-electron chi connectivity index (χ0n) is 52.1. The van der Waals surface area contributed by atoms with Gasteiger partial charge in [-0.05, 0) is 171 Å². The van der Waals surface area contributed by atoms with Crippen LogP contribution in [0.3, 0.4) is 0 Å². The highest BCUT2D eigenvalue weighted by Crippen LogP contribution is 2.59. The highest BCUT2D eigenvalue weighted by molar-refractivity contribution is 6.22. The third kappa shape index (κ3) is 13.3. The molecule has 4 aromatic carbocycles. The van der Waals surface area contributed by atoms with Gasteiger partial charge >= 0.3 is 36.6 Å². The Hall–Kier alpha value is -7.60. The maximum atomic E-state index is 15.0. The first-order valence-corrected chi connectivity index (χ1v) is 31.8. The molecular formula is C69H73F12N3O10. The molecular weight excluding hydrogens is 1260 g/mol. The van der Waals surface area contributed by atoms with Crippen molar-refractivity contribution in [2.45, 2.75) is 190 Å². The number of ketones is 1. The van der Waals surface area contributed by atoms with Gasteiger partial charge < -0.3 is 15.5 Å². The molecule has 4 aliphatic carbocycles. The summed E-state index contributed by atoms with van der Waals surface area (Å²) in [5.74, 6) is -5.49. The normalized spacial score (nSPS) is 23.9. The van der Waals surface area contributed by atoms with E-state index in [9.17, 15) is 101 Å². The smallest absolute Gasteiger partial charge is 0.411 e. The van der Waals surface area contributed by atoms with Crippen molar-refractivity contribution in [3.05, 3.63) is 140 Å². The van der Waals surface area contributed by atoms with E-state index in [1.807, 2.05) is 0 Å². The zero-order valence-corrected chi connectivity index (χ0v) is 52.1. The largest absolute Gasteiger partial charge is 0.478 e. The lowest BCUT2D eigenvalue weighted by molar-refractivity contribution is -0.290. The summed E-state index contributed by atoms with van der Waals surface area (Å²) in [6.45, 7) is 5.77. The molecule has 4 fully saturated rings. The van der Waals surface area contributed by atoms with Crippen LogP contribution in [0.5, 0.6) is 0 Å². The van der Waals surface area contributed by atoms with Crippen LogP contribution in [0.25, 0.3) is 0 Å². The summed E-state index contributed by atoms with van der Waals surface area (Å²) in [5.41, 5.74) is -20.2.